The quantitative estimate of drug-likeness (QED) is 0.395. The second-order valence-corrected chi connectivity index (χ2v) is 1.78. The zero-order valence-electron chi connectivity index (χ0n) is 5.63. The lowest BCUT2D eigenvalue weighted by Gasteiger charge is -2.10. The number of amides is 1. The summed E-state index contributed by atoms with van der Waals surface area (Å²) in [5, 5.41) is 0. The highest BCUT2D eigenvalue weighted by Crippen LogP contribution is 1.83. The third-order valence-electron chi connectivity index (χ3n) is 0.954. The fraction of sp³-hybridized carbons (Fsp3) is 0.571. The van der Waals surface area contributed by atoms with Crippen LogP contribution in [0.1, 0.15) is 13.3 Å². The summed E-state index contributed by atoms with van der Waals surface area (Å²) < 4.78 is 0. The van der Waals surface area contributed by atoms with Gasteiger partial charge in [0, 0.05) is 6.54 Å². The molecule has 0 heterocycles. The minimum absolute atomic E-state index is 0.428. The first-order chi connectivity index (χ1) is 4.35. The van der Waals surface area contributed by atoms with Gasteiger partial charge < -0.3 is 4.90 Å². The van der Waals surface area contributed by atoms with Gasteiger partial charge >= 0.3 is 0 Å². The van der Waals surface area contributed by atoms with Crippen molar-refractivity contribution in [2.75, 3.05) is 13.1 Å². The molecule has 0 aromatic heterocycles. The predicted octanol–water partition coefficient (Wildman–Crippen LogP) is 0.488. The van der Waals surface area contributed by atoms with Gasteiger partial charge in [-0.25, -0.2) is 0 Å². The van der Waals surface area contributed by atoms with Crippen LogP contribution in [0.5, 0.6) is 0 Å². The Hall–Kier alpha value is -0.970. The maximum absolute atomic E-state index is 10.1. The minimum atomic E-state index is 0.428. The smallest absolute Gasteiger partial charge is 0.210 e. The van der Waals surface area contributed by atoms with Gasteiger partial charge in [0.1, 0.15) is 0 Å². The van der Waals surface area contributed by atoms with E-state index in [1.54, 1.807) is 4.90 Å². The molecule has 50 valence electrons. The van der Waals surface area contributed by atoms with E-state index in [0.717, 1.165) is 19.4 Å². The van der Waals surface area contributed by atoms with Crippen LogP contribution in [0, 0.1) is 12.3 Å². The fourth-order valence-electron chi connectivity index (χ4n) is 0.573. The standard InChI is InChI=1S/C7H11NO/c1-3-5-8(7-9)6-4-2/h1,7H,4-6H2,2H3. The maximum Gasteiger partial charge on any atom is 0.210 e. The molecule has 0 aromatic carbocycles. The van der Waals surface area contributed by atoms with E-state index < -0.39 is 0 Å². The fourth-order valence-corrected chi connectivity index (χ4v) is 0.573. The first-order valence-corrected chi connectivity index (χ1v) is 2.98. The van der Waals surface area contributed by atoms with E-state index in [1.807, 2.05) is 6.92 Å². The third-order valence-corrected chi connectivity index (χ3v) is 0.954. The number of hydrogen-bond acceptors (Lipinski definition) is 1. The Morgan fingerprint density at radius 2 is 2.44 bits per heavy atom. The number of terminal acetylenes is 1. The zero-order chi connectivity index (χ0) is 7.11. The van der Waals surface area contributed by atoms with Crippen LogP contribution in [-0.2, 0) is 4.79 Å². The molecule has 2 nitrogen and oxygen atoms in total. The SMILES string of the molecule is C#CCN(C=O)CCC. The highest BCUT2D eigenvalue weighted by molar-refractivity contribution is 5.47. The Bertz CT molecular complexity index is 115. The number of nitrogens with zero attached hydrogens (tertiary/aromatic N) is 1. The van der Waals surface area contributed by atoms with Crippen molar-refractivity contribution in [3.63, 3.8) is 0 Å². The molecule has 1 amide bonds. The molecular weight excluding hydrogens is 114 g/mol. The van der Waals surface area contributed by atoms with Crippen LogP contribution in [0.3, 0.4) is 0 Å². The highest BCUT2D eigenvalue weighted by atomic mass is 16.1. The molecule has 0 saturated carbocycles. The number of carbonyl (C=O) groups is 1. The number of rotatable bonds is 4. The van der Waals surface area contributed by atoms with Crippen LogP contribution in [0.25, 0.3) is 0 Å². The van der Waals surface area contributed by atoms with E-state index in [2.05, 4.69) is 5.92 Å². The normalized spacial score (nSPS) is 8.00. The molecule has 0 atom stereocenters. The average molecular weight is 125 g/mol. The van der Waals surface area contributed by atoms with E-state index in [0.29, 0.717) is 6.54 Å². The van der Waals surface area contributed by atoms with Gasteiger partial charge in [0.15, 0.2) is 0 Å². The molecule has 0 N–H and O–H groups in total. The summed E-state index contributed by atoms with van der Waals surface area (Å²) >= 11 is 0. The van der Waals surface area contributed by atoms with E-state index in [-0.39, 0.29) is 0 Å². The van der Waals surface area contributed by atoms with E-state index in [9.17, 15) is 4.79 Å². The number of hydrogen-bond donors (Lipinski definition) is 0. The van der Waals surface area contributed by atoms with Gasteiger partial charge in [-0.15, -0.1) is 6.42 Å². The van der Waals surface area contributed by atoms with E-state index in [1.165, 1.54) is 0 Å². The van der Waals surface area contributed by atoms with E-state index >= 15 is 0 Å². The molecule has 0 aliphatic carbocycles. The second kappa shape index (κ2) is 5.17. The summed E-state index contributed by atoms with van der Waals surface area (Å²) in [6.07, 6.45) is 6.72. The molecule has 9 heavy (non-hydrogen) atoms. The molecule has 0 aliphatic rings. The van der Waals surface area contributed by atoms with Crippen molar-refractivity contribution >= 4 is 6.41 Å². The largest absolute Gasteiger partial charge is 0.334 e. The molecule has 0 spiro atoms. The van der Waals surface area contributed by atoms with Crippen LogP contribution in [0.4, 0.5) is 0 Å². The van der Waals surface area contributed by atoms with Crippen LogP contribution in [0.15, 0.2) is 0 Å². The highest BCUT2D eigenvalue weighted by Gasteiger charge is 1.93. The molecular formula is C7H11NO. The summed E-state index contributed by atoms with van der Waals surface area (Å²) in [6, 6.07) is 0. The first-order valence-electron chi connectivity index (χ1n) is 2.98. The monoisotopic (exact) mass is 125 g/mol. The van der Waals surface area contributed by atoms with Crippen molar-refractivity contribution in [3.8, 4) is 12.3 Å². The summed E-state index contributed by atoms with van der Waals surface area (Å²) in [7, 11) is 0. The topological polar surface area (TPSA) is 20.3 Å². The van der Waals surface area contributed by atoms with Gasteiger partial charge in [-0.05, 0) is 6.42 Å². The van der Waals surface area contributed by atoms with Crippen LogP contribution < -0.4 is 0 Å². The number of carbonyl (C=O) groups excluding carboxylic acids is 1. The van der Waals surface area contributed by atoms with Gasteiger partial charge in [0.05, 0.1) is 6.54 Å². The Morgan fingerprint density at radius 3 is 2.78 bits per heavy atom. The summed E-state index contributed by atoms with van der Waals surface area (Å²) in [4.78, 5) is 11.7. The van der Waals surface area contributed by atoms with Gasteiger partial charge in [-0.1, -0.05) is 12.8 Å². The molecule has 0 aromatic rings. The molecule has 0 unspecified atom stereocenters. The molecule has 0 rings (SSSR count). The molecule has 0 fully saturated rings. The van der Waals surface area contributed by atoms with Gasteiger partial charge in [0.2, 0.25) is 6.41 Å². The zero-order valence-corrected chi connectivity index (χ0v) is 5.63. The van der Waals surface area contributed by atoms with Crippen molar-refractivity contribution in [1.29, 1.82) is 0 Å². The Labute approximate surface area is 55.8 Å². The molecule has 0 saturated heterocycles. The Kier molecular flexibility index (Phi) is 4.61. The van der Waals surface area contributed by atoms with Crippen molar-refractivity contribution in [1.82, 2.24) is 4.90 Å². The first kappa shape index (κ1) is 8.03. The van der Waals surface area contributed by atoms with Crippen molar-refractivity contribution in [2.45, 2.75) is 13.3 Å². The van der Waals surface area contributed by atoms with Crippen LogP contribution in [0.2, 0.25) is 0 Å². The summed E-state index contributed by atoms with van der Waals surface area (Å²) in [6.45, 7) is 3.19. The van der Waals surface area contributed by atoms with Crippen LogP contribution >= 0.6 is 0 Å². The van der Waals surface area contributed by atoms with Gasteiger partial charge in [-0.2, -0.15) is 0 Å². The Balaban J connectivity index is 3.44. The van der Waals surface area contributed by atoms with Crippen molar-refractivity contribution < 1.29 is 4.79 Å². The average Bonchev–Trinajstić information content (AvgIpc) is 1.88. The summed E-state index contributed by atoms with van der Waals surface area (Å²) in [5.74, 6) is 2.40. The summed E-state index contributed by atoms with van der Waals surface area (Å²) in [5.41, 5.74) is 0. The van der Waals surface area contributed by atoms with Crippen molar-refractivity contribution in [2.24, 2.45) is 0 Å². The third kappa shape index (κ3) is 3.60. The minimum Gasteiger partial charge on any atom is -0.334 e. The second-order valence-electron chi connectivity index (χ2n) is 1.78. The van der Waals surface area contributed by atoms with Gasteiger partial charge in [0.25, 0.3) is 0 Å². The predicted molar refractivity (Wildman–Crippen MR) is 36.8 cm³/mol. The van der Waals surface area contributed by atoms with Crippen molar-refractivity contribution in [3.05, 3.63) is 0 Å². The Morgan fingerprint density at radius 1 is 1.78 bits per heavy atom. The molecule has 0 radical (unpaired) electrons. The molecule has 0 bridgehead atoms. The van der Waals surface area contributed by atoms with Gasteiger partial charge in [-0.3, -0.25) is 4.79 Å². The lowest BCUT2D eigenvalue weighted by Crippen LogP contribution is -2.22. The maximum atomic E-state index is 10.1. The molecule has 2 heteroatoms. The lowest BCUT2D eigenvalue weighted by atomic mass is 10.4. The lowest BCUT2D eigenvalue weighted by molar-refractivity contribution is -0.117. The van der Waals surface area contributed by atoms with E-state index in [4.69, 9.17) is 6.42 Å². The van der Waals surface area contributed by atoms with Crippen LogP contribution in [-0.4, -0.2) is 24.4 Å². The molecule has 0 aliphatic heterocycles.